The zero-order valence-corrected chi connectivity index (χ0v) is 20.1. The summed E-state index contributed by atoms with van der Waals surface area (Å²) >= 11 is 0. The summed E-state index contributed by atoms with van der Waals surface area (Å²) in [6.07, 6.45) is 6.92. The van der Waals surface area contributed by atoms with Crippen molar-refractivity contribution < 1.29 is 17.9 Å². The van der Waals surface area contributed by atoms with Crippen LogP contribution >= 0.6 is 0 Å². The molecular formula is C24H27N5O4S. The number of alkyl carbamates (subject to hydrolysis) is 1. The number of benzene rings is 1. The molecule has 0 saturated heterocycles. The van der Waals surface area contributed by atoms with Gasteiger partial charge in [0.15, 0.2) is 5.65 Å². The lowest BCUT2D eigenvalue weighted by Crippen LogP contribution is -2.38. The fourth-order valence-corrected chi connectivity index (χ4v) is 5.90. The summed E-state index contributed by atoms with van der Waals surface area (Å²) in [6, 6.07) is 10.2. The third-order valence-electron chi connectivity index (χ3n) is 6.03. The topological polar surface area (TPSA) is 108 Å². The predicted molar refractivity (Wildman–Crippen MR) is 128 cm³/mol. The number of nitrogens with zero attached hydrogens (tertiary/aromatic N) is 4. The van der Waals surface area contributed by atoms with Crippen LogP contribution in [0, 0.1) is 0 Å². The van der Waals surface area contributed by atoms with Crippen LogP contribution in [-0.2, 0) is 14.8 Å². The van der Waals surface area contributed by atoms with Crippen molar-refractivity contribution in [3.8, 4) is 0 Å². The molecule has 10 heteroatoms. The molecule has 0 aliphatic heterocycles. The zero-order valence-electron chi connectivity index (χ0n) is 19.3. The quantitative estimate of drug-likeness (QED) is 0.467. The number of pyridine rings is 1. The first kappa shape index (κ1) is 22.4. The smallest absolute Gasteiger partial charge is 0.407 e. The Balaban J connectivity index is 1.47. The fraction of sp³-hybridized carbons (Fsp3) is 0.375. The molecule has 1 aliphatic rings. The Morgan fingerprint density at radius 3 is 2.62 bits per heavy atom. The number of imidazole rings is 1. The summed E-state index contributed by atoms with van der Waals surface area (Å²) in [6.45, 7) is 5.52. The first-order valence-corrected chi connectivity index (χ1v) is 12.7. The number of nitrogens with one attached hydrogen (secondary N) is 1. The highest BCUT2D eigenvalue weighted by molar-refractivity contribution is 7.90. The molecule has 1 fully saturated rings. The number of hydrogen-bond acceptors (Lipinski definition) is 6. The minimum absolute atomic E-state index is 0.00214. The molecule has 178 valence electrons. The zero-order chi connectivity index (χ0) is 24.1. The molecule has 2 atom stereocenters. The van der Waals surface area contributed by atoms with Gasteiger partial charge >= 0.3 is 6.09 Å². The minimum Gasteiger partial charge on any atom is -0.444 e. The Bertz CT molecular complexity index is 1470. The number of hydrogen-bond donors (Lipinski definition) is 1. The Morgan fingerprint density at radius 2 is 1.88 bits per heavy atom. The maximum atomic E-state index is 13.2. The molecule has 9 nitrogen and oxygen atoms in total. The van der Waals surface area contributed by atoms with E-state index in [9.17, 15) is 13.2 Å². The Hall–Kier alpha value is -3.40. The first-order valence-electron chi connectivity index (χ1n) is 11.3. The summed E-state index contributed by atoms with van der Waals surface area (Å²) in [7, 11) is -3.78. The molecule has 1 aliphatic carbocycles. The van der Waals surface area contributed by atoms with Gasteiger partial charge in [-0.3, -0.25) is 0 Å². The number of rotatable bonds is 4. The molecule has 4 aromatic rings. The maximum absolute atomic E-state index is 13.2. The molecule has 1 saturated carbocycles. The average Bonchev–Trinajstić information content (AvgIpc) is 3.50. The van der Waals surface area contributed by atoms with Crippen molar-refractivity contribution in [2.24, 2.45) is 0 Å². The summed E-state index contributed by atoms with van der Waals surface area (Å²) in [5, 5.41) is 3.68. The van der Waals surface area contributed by atoms with Crippen molar-refractivity contribution >= 4 is 38.2 Å². The standard InChI is InChI=1S/C24H27N5O4S/c1-24(2,3)33-23(30)27-16-9-10-17(13-16)28-15-26-20-14-25-22-19(21(20)28)11-12-29(22)34(31,32)18-7-5-4-6-8-18/h4-8,11-12,14-17H,9-10,13H2,1-3H3,(H,27,30)/t16-,17-/m0/s1. The van der Waals surface area contributed by atoms with Crippen LogP contribution in [0.15, 0.2) is 60.0 Å². The lowest BCUT2D eigenvalue weighted by Gasteiger charge is -2.22. The molecule has 0 bridgehead atoms. The lowest BCUT2D eigenvalue weighted by atomic mass is 10.2. The van der Waals surface area contributed by atoms with Gasteiger partial charge < -0.3 is 14.6 Å². The van der Waals surface area contributed by atoms with Crippen molar-refractivity contribution in [1.29, 1.82) is 0 Å². The van der Waals surface area contributed by atoms with Gasteiger partial charge in [-0.25, -0.2) is 27.2 Å². The molecule has 0 radical (unpaired) electrons. The highest BCUT2D eigenvalue weighted by Gasteiger charge is 2.30. The van der Waals surface area contributed by atoms with E-state index in [2.05, 4.69) is 19.9 Å². The van der Waals surface area contributed by atoms with Crippen molar-refractivity contribution in [2.45, 2.75) is 62.6 Å². The maximum Gasteiger partial charge on any atom is 0.407 e. The Kier molecular flexibility index (Phi) is 5.35. The van der Waals surface area contributed by atoms with Crippen LogP contribution in [0.25, 0.3) is 22.1 Å². The lowest BCUT2D eigenvalue weighted by molar-refractivity contribution is 0.0505. The third kappa shape index (κ3) is 4.02. The molecule has 3 aromatic heterocycles. The van der Waals surface area contributed by atoms with Gasteiger partial charge in [0.25, 0.3) is 10.0 Å². The van der Waals surface area contributed by atoms with Crippen molar-refractivity contribution in [3.63, 3.8) is 0 Å². The largest absolute Gasteiger partial charge is 0.444 e. The number of carbonyl (C=O) groups is 1. The summed E-state index contributed by atoms with van der Waals surface area (Å²) in [5.41, 5.74) is 1.36. The Labute approximate surface area is 197 Å². The van der Waals surface area contributed by atoms with Crippen LogP contribution in [0.2, 0.25) is 0 Å². The first-order chi connectivity index (χ1) is 16.1. The van der Waals surface area contributed by atoms with E-state index < -0.39 is 21.7 Å². The normalized spacial score (nSPS) is 19.0. The van der Waals surface area contributed by atoms with Crippen LogP contribution in [0.1, 0.15) is 46.1 Å². The number of carbonyl (C=O) groups excluding carboxylic acids is 1. The molecule has 34 heavy (non-hydrogen) atoms. The molecule has 3 heterocycles. The molecule has 1 aromatic carbocycles. The minimum atomic E-state index is -3.78. The number of fused-ring (bicyclic) bond motifs is 3. The van der Waals surface area contributed by atoms with E-state index in [1.54, 1.807) is 48.9 Å². The summed E-state index contributed by atoms with van der Waals surface area (Å²) < 4.78 is 35.1. The summed E-state index contributed by atoms with van der Waals surface area (Å²) in [5.74, 6) is 0. The summed E-state index contributed by atoms with van der Waals surface area (Å²) in [4.78, 5) is 21.3. The van der Waals surface area contributed by atoms with E-state index >= 15 is 0 Å². The van der Waals surface area contributed by atoms with Gasteiger partial charge in [0.1, 0.15) is 11.1 Å². The second-order valence-corrected chi connectivity index (χ2v) is 11.4. The molecule has 0 spiro atoms. The van der Waals surface area contributed by atoms with Gasteiger partial charge in [0, 0.05) is 23.7 Å². The van der Waals surface area contributed by atoms with E-state index in [1.165, 1.54) is 10.2 Å². The second kappa shape index (κ2) is 8.12. The van der Waals surface area contributed by atoms with Crippen LogP contribution in [0.5, 0.6) is 0 Å². The molecular weight excluding hydrogens is 454 g/mol. The van der Waals surface area contributed by atoms with Crippen LogP contribution in [0.3, 0.4) is 0 Å². The number of aromatic nitrogens is 4. The molecule has 1 N–H and O–H groups in total. The van der Waals surface area contributed by atoms with Crippen molar-refractivity contribution in [2.75, 3.05) is 0 Å². The van der Waals surface area contributed by atoms with E-state index in [0.29, 0.717) is 11.2 Å². The molecule has 0 unspecified atom stereocenters. The van der Waals surface area contributed by atoms with E-state index in [0.717, 1.165) is 30.2 Å². The highest BCUT2D eigenvalue weighted by atomic mass is 32.2. The number of ether oxygens (including phenoxy) is 1. The van der Waals surface area contributed by atoms with Gasteiger partial charge in [0.05, 0.1) is 22.9 Å². The van der Waals surface area contributed by atoms with Crippen molar-refractivity contribution in [1.82, 2.24) is 23.8 Å². The van der Waals surface area contributed by atoms with Gasteiger partial charge in [-0.05, 0) is 58.2 Å². The molecule has 1 amide bonds. The van der Waals surface area contributed by atoms with Gasteiger partial charge in [0.2, 0.25) is 0 Å². The van der Waals surface area contributed by atoms with Crippen LogP contribution in [-0.4, -0.2) is 44.7 Å². The third-order valence-corrected chi connectivity index (χ3v) is 7.71. The van der Waals surface area contributed by atoms with Crippen molar-refractivity contribution in [3.05, 3.63) is 55.1 Å². The van der Waals surface area contributed by atoms with Gasteiger partial charge in [-0.1, -0.05) is 18.2 Å². The van der Waals surface area contributed by atoms with Crippen LogP contribution < -0.4 is 5.32 Å². The van der Waals surface area contributed by atoms with E-state index in [4.69, 9.17) is 4.74 Å². The monoisotopic (exact) mass is 481 g/mol. The molecule has 5 rings (SSSR count). The SMILES string of the molecule is CC(C)(C)OC(=O)N[C@H]1CC[C@H](n2cnc3cnc4c(ccn4S(=O)(=O)c4ccccc4)c32)C1. The van der Waals surface area contributed by atoms with Crippen LogP contribution in [0.4, 0.5) is 4.79 Å². The second-order valence-electron chi connectivity index (χ2n) is 9.62. The highest BCUT2D eigenvalue weighted by Crippen LogP contribution is 2.35. The van der Waals surface area contributed by atoms with E-state index in [1.807, 2.05) is 20.8 Å². The van der Waals surface area contributed by atoms with Gasteiger partial charge in [-0.2, -0.15) is 0 Å². The number of amides is 1. The average molecular weight is 482 g/mol. The predicted octanol–water partition coefficient (Wildman–Crippen LogP) is 4.24. The Morgan fingerprint density at radius 1 is 1.12 bits per heavy atom. The van der Waals surface area contributed by atoms with Gasteiger partial charge in [-0.15, -0.1) is 0 Å². The fourth-order valence-electron chi connectivity index (χ4n) is 4.58. The van der Waals surface area contributed by atoms with E-state index in [-0.39, 0.29) is 17.0 Å².